The van der Waals surface area contributed by atoms with E-state index in [2.05, 4.69) is 60.5 Å². The van der Waals surface area contributed by atoms with Gasteiger partial charge >= 0.3 is 0 Å². The molecule has 2 heterocycles. The molecule has 0 saturated carbocycles. The first-order chi connectivity index (χ1) is 8.93. The van der Waals surface area contributed by atoms with Crippen LogP contribution in [0.25, 0.3) is 0 Å². The zero-order valence-electron chi connectivity index (χ0n) is 12.3. The van der Waals surface area contributed by atoms with Gasteiger partial charge in [-0.25, -0.2) is 4.98 Å². The summed E-state index contributed by atoms with van der Waals surface area (Å²) in [6, 6.07) is 0. The molecule has 1 aliphatic heterocycles. The summed E-state index contributed by atoms with van der Waals surface area (Å²) >= 11 is 2.36. The normalized spacial score (nSPS) is 15.9. The van der Waals surface area contributed by atoms with Gasteiger partial charge in [-0.3, -0.25) is 0 Å². The van der Waals surface area contributed by atoms with Gasteiger partial charge in [0.2, 0.25) is 5.95 Å². The van der Waals surface area contributed by atoms with Gasteiger partial charge in [0.1, 0.15) is 5.82 Å². The summed E-state index contributed by atoms with van der Waals surface area (Å²) in [5.41, 5.74) is 1.18. The number of aromatic nitrogens is 2. The Morgan fingerprint density at radius 1 is 1.21 bits per heavy atom. The van der Waals surface area contributed by atoms with E-state index in [4.69, 9.17) is 9.97 Å². The summed E-state index contributed by atoms with van der Waals surface area (Å²) in [4.78, 5) is 11.8. The molecular weight excluding hydrogens is 351 g/mol. The minimum Gasteiger partial charge on any atom is -0.369 e. The SMILES string of the molecule is CCNc1nc(N2CCCC2)nc(C(C)(C)C)c1I. The van der Waals surface area contributed by atoms with Crippen LogP contribution in [0.5, 0.6) is 0 Å². The summed E-state index contributed by atoms with van der Waals surface area (Å²) in [6.07, 6.45) is 2.49. The molecule has 0 atom stereocenters. The average molecular weight is 374 g/mol. The van der Waals surface area contributed by atoms with Crippen LogP contribution in [0, 0.1) is 3.57 Å². The molecule has 19 heavy (non-hydrogen) atoms. The van der Waals surface area contributed by atoms with E-state index in [9.17, 15) is 0 Å². The summed E-state index contributed by atoms with van der Waals surface area (Å²) in [5.74, 6) is 1.86. The second-order valence-corrected chi connectivity index (χ2v) is 7.09. The van der Waals surface area contributed by atoms with Crippen molar-refractivity contribution in [1.82, 2.24) is 9.97 Å². The second kappa shape index (κ2) is 5.81. The van der Waals surface area contributed by atoms with Crippen molar-refractivity contribution in [3.05, 3.63) is 9.26 Å². The number of halogens is 1. The van der Waals surface area contributed by atoms with E-state index >= 15 is 0 Å². The maximum Gasteiger partial charge on any atom is 0.227 e. The van der Waals surface area contributed by atoms with Crippen molar-refractivity contribution in [3.8, 4) is 0 Å². The first kappa shape index (κ1) is 14.8. The first-order valence-electron chi connectivity index (χ1n) is 7.00. The lowest BCUT2D eigenvalue weighted by Gasteiger charge is -2.24. The third-order valence-corrected chi connectivity index (χ3v) is 4.30. The fraction of sp³-hybridized carbons (Fsp3) is 0.714. The minimum atomic E-state index is 0.0398. The monoisotopic (exact) mass is 374 g/mol. The Balaban J connectivity index is 2.47. The lowest BCUT2D eigenvalue weighted by molar-refractivity contribution is 0.562. The Bertz CT molecular complexity index is 447. The van der Waals surface area contributed by atoms with E-state index in [-0.39, 0.29) is 5.41 Å². The average Bonchev–Trinajstić information content (AvgIpc) is 2.84. The summed E-state index contributed by atoms with van der Waals surface area (Å²) in [5, 5.41) is 3.37. The number of nitrogens with one attached hydrogen (secondary N) is 1. The Morgan fingerprint density at radius 2 is 1.84 bits per heavy atom. The van der Waals surface area contributed by atoms with Crippen molar-refractivity contribution in [1.29, 1.82) is 0 Å². The van der Waals surface area contributed by atoms with E-state index in [1.54, 1.807) is 0 Å². The van der Waals surface area contributed by atoms with E-state index in [0.717, 1.165) is 40.7 Å². The maximum absolute atomic E-state index is 4.84. The highest BCUT2D eigenvalue weighted by Crippen LogP contribution is 2.31. The number of rotatable bonds is 3. The van der Waals surface area contributed by atoms with E-state index < -0.39 is 0 Å². The molecule has 1 aromatic heterocycles. The molecule has 4 nitrogen and oxygen atoms in total. The first-order valence-corrected chi connectivity index (χ1v) is 8.08. The highest BCUT2D eigenvalue weighted by Gasteiger charge is 2.25. The van der Waals surface area contributed by atoms with E-state index in [1.807, 2.05) is 0 Å². The van der Waals surface area contributed by atoms with Crippen molar-refractivity contribution in [2.45, 2.75) is 46.0 Å². The topological polar surface area (TPSA) is 41.1 Å². The van der Waals surface area contributed by atoms with Gasteiger partial charge < -0.3 is 10.2 Å². The van der Waals surface area contributed by atoms with Crippen LogP contribution in [-0.4, -0.2) is 29.6 Å². The van der Waals surface area contributed by atoms with Crippen molar-refractivity contribution in [2.75, 3.05) is 29.9 Å². The van der Waals surface area contributed by atoms with Crippen LogP contribution in [0.4, 0.5) is 11.8 Å². The molecule has 0 bridgehead atoms. The van der Waals surface area contributed by atoms with Crippen LogP contribution in [0.3, 0.4) is 0 Å². The van der Waals surface area contributed by atoms with Gasteiger partial charge in [-0.2, -0.15) is 4.98 Å². The molecule has 106 valence electrons. The zero-order chi connectivity index (χ0) is 14.0. The van der Waals surface area contributed by atoms with Gasteiger partial charge in [0.05, 0.1) is 9.26 Å². The van der Waals surface area contributed by atoms with E-state index in [0.29, 0.717) is 0 Å². The van der Waals surface area contributed by atoms with Gasteiger partial charge in [0.25, 0.3) is 0 Å². The van der Waals surface area contributed by atoms with Crippen LogP contribution < -0.4 is 10.2 Å². The molecule has 1 fully saturated rings. The second-order valence-electron chi connectivity index (χ2n) is 6.01. The minimum absolute atomic E-state index is 0.0398. The fourth-order valence-corrected chi connectivity index (χ4v) is 3.52. The van der Waals surface area contributed by atoms with Gasteiger partial charge in [0, 0.05) is 25.0 Å². The lowest BCUT2D eigenvalue weighted by Crippen LogP contribution is -2.25. The maximum atomic E-state index is 4.84. The Morgan fingerprint density at radius 3 is 2.37 bits per heavy atom. The summed E-state index contributed by atoms with van der Waals surface area (Å²) in [6.45, 7) is 11.8. The van der Waals surface area contributed by atoms with Gasteiger partial charge in [-0.1, -0.05) is 20.8 Å². The predicted molar refractivity (Wildman–Crippen MR) is 89.1 cm³/mol. The molecule has 0 amide bonds. The van der Waals surface area contributed by atoms with Crippen molar-refractivity contribution in [2.24, 2.45) is 0 Å². The molecule has 5 heteroatoms. The van der Waals surface area contributed by atoms with Crippen molar-refractivity contribution >= 4 is 34.4 Å². The van der Waals surface area contributed by atoms with Gasteiger partial charge in [-0.05, 0) is 42.4 Å². The van der Waals surface area contributed by atoms with Crippen molar-refractivity contribution < 1.29 is 0 Å². The highest BCUT2D eigenvalue weighted by molar-refractivity contribution is 14.1. The van der Waals surface area contributed by atoms with Crippen molar-refractivity contribution in [3.63, 3.8) is 0 Å². The molecule has 1 saturated heterocycles. The molecule has 1 N–H and O–H groups in total. The number of hydrogen-bond donors (Lipinski definition) is 1. The summed E-state index contributed by atoms with van der Waals surface area (Å²) < 4.78 is 1.15. The number of nitrogens with zero attached hydrogens (tertiary/aromatic N) is 3. The standard InChI is InChI=1S/C14H23IN4/c1-5-16-12-10(15)11(14(2,3)4)17-13(18-12)19-8-6-7-9-19/h5-9H2,1-4H3,(H,16,17,18). The summed E-state index contributed by atoms with van der Waals surface area (Å²) in [7, 11) is 0. The smallest absolute Gasteiger partial charge is 0.227 e. The van der Waals surface area contributed by atoms with Crippen LogP contribution in [0.2, 0.25) is 0 Å². The third-order valence-electron chi connectivity index (χ3n) is 3.28. The Hall–Kier alpha value is -0.590. The van der Waals surface area contributed by atoms with Crippen LogP contribution in [0.1, 0.15) is 46.2 Å². The van der Waals surface area contributed by atoms with E-state index in [1.165, 1.54) is 12.8 Å². The zero-order valence-corrected chi connectivity index (χ0v) is 14.4. The molecule has 0 spiro atoms. The van der Waals surface area contributed by atoms with Gasteiger partial charge in [-0.15, -0.1) is 0 Å². The number of hydrogen-bond acceptors (Lipinski definition) is 4. The molecule has 0 radical (unpaired) electrons. The Labute approximate surface area is 129 Å². The van der Waals surface area contributed by atoms with Crippen LogP contribution in [0.15, 0.2) is 0 Å². The quantitative estimate of drug-likeness (QED) is 0.824. The van der Waals surface area contributed by atoms with Crippen LogP contribution in [-0.2, 0) is 5.41 Å². The molecule has 0 aliphatic carbocycles. The van der Waals surface area contributed by atoms with Gasteiger partial charge in [0.15, 0.2) is 0 Å². The number of anilines is 2. The molecule has 0 unspecified atom stereocenters. The molecule has 1 aliphatic rings. The predicted octanol–water partition coefficient (Wildman–Crippen LogP) is 3.41. The molecule has 0 aromatic carbocycles. The highest BCUT2D eigenvalue weighted by atomic mass is 127. The molecule has 2 rings (SSSR count). The fourth-order valence-electron chi connectivity index (χ4n) is 2.28. The molecule has 1 aromatic rings. The Kier molecular flexibility index (Phi) is 4.53. The third kappa shape index (κ3) is 3.30. The largest absolute Gasteiger partial charge is 0.369 e. The molecular formula is C14H23IN4. The van der Waals surface area contributed by atoms with Crippen LogP contribution >= 0.6 is 22.6 Å². The lowest BCUT2D eigenvalue weighted by atomic mass is 9.92.